The molecular formula is C20H19F3N2O3. The largest absolute Gasteiger partial charge is 0.497 e. The monoisotopic (exact) mass is 392 g/mol. The van der Waals surface area contributed by atoms with E-state index in [2.05, 4.69) is 5.10 Å². The van der Waals surface area contributed by atoms with Gasteiger partial charge in [0, 0.05) is 11.1 Å². The Morgan fingerprint density at radius 3 is 2.50 bits per heavy atom. The van der Waals surface area contributed by atoms with Crippen LogP contribution in [-0.4, -0.2) is 35.0 Å². The van der Waals surface area contributed by atoms with Gasteiger partial charge in [-0.15, -0.1) is 0 Å². The normalized spacial score (nSPS) is 19.5. The lowest BCUT2D eigenvalue weighted by Gasteiger charge is -2.31. The van der Waals surface area contributed by atoms with Gasteiger partial charge in [-0.05, 0) is 30.2 Å². The summed E-state index contributed by atoms with van der Waals surface area (Å²) in [7, 11) is 1.41. The molecule has 1 heterocycles. The minimum absolute atomic E-state index is 0.0510. The highest BCUT2D eigenvalue weighted by Gasteiger charge is 2.53. The van der Waals surface area contributed by atoms with E-state index in [4.69, 9.17) is 4.74 Å². The Kier molecular flexibility index (Phi) is 5.16. The molecule has 0 fully saturated rings. The van der Waals surface area contributed by atoms with Gasteiger partial charge in [-0.25, -0.2) is 0 Å². The number of halogens is 3. The highest BCUT2D eigenvalue weighted by atomic mass is 19.4. The summed E-state index contributed by atoms with van der Waals surface area (Å²) in [5.74, 6) is -0.499. The standard InChI is InChI=1S/C20H19F3N2O3/c1-3-13-7-9-15(10-8-13)19(27)12-17(20(21,22)23)24-25(19)18(26)14-5-4-6-16(11-14)28-2/h4-11,27H,3,12H2,1-2H3/t19-/m0/s1. The molecule has 0 aliphatic carbocycles. The molecular weight excluding hydrogens is 373 g/mol. The van der Waals surface area contributed by atoms with Crippen molar-refractivity contribution in [1.29, 1.82) is 0 Å². The number of nitrogens with zero attached hydrogens (tertiary/aromatic N) is 2. The van der Waals surface area contributed by atoms with Crippen LogP contribution in [0.3, 0.4) is 0 Å². The average Bonchev–Trinajstić information content (AvgIpc) is 3.06. The molecule has 1 N–H and O–H groups in total. The predicted octanol–water partition coefficient (Wildman–Crippen LogP) is 3.87. The van der Waals surface area contributed by atoms with E-state index in [9.17, 15) is 23.1 Å². The molecule has 1 aliphatic heterocycles. The molecule has 0 saturated heterocycles. The van der Waals surface area contributed by atoms with Crippen LogP contribution in [0, 0.1) is 0 Å². The van der Waals surface area contributed by atoms with E-state index in [1.807, 2.05) is 6.92 Å². The van der Waals surface area contributed by atoms with E-state index in [-0.39, 0.29) is 11.1 Å². The van der Waals surface area contributed by atoms with Crippen LogP contribution in [0.15, 0.2) is 53.6 Å². The smallest absolute Gasteiger partial charge is 0.431 e. The van der Waals surface area contributed by atoms with Gasteiger partial charge in [0.25, 0.3) is 5.91 Å². The highest BCUT2D eigenvalue weighted by Crippen LogP contribution is 2.40. The van der Waals surface area contributed by atoms with Gasteiger partial charge in [0.15, 0.2) is 5.72 Å². The molecule has 0 radical (unpaired) electrons. The first kappa shape index (κ1) is 19.9. The van der Waals surface area contributed by atoms with E-state index in [1.54, 1.807) is 18.2 Å². The van der Waals surface area contributed by atoms with Crippen LogP contribution >= 0.6 is 0 Å². The Labute approximate surface area is 160 Å². The lowest BCUT2D eigenvalue weighted by Crippen LogP contribution is -2.43. The molecule has 28 heavy (non-hydrogen) atoms. The van der Waals surface area contributed by atoms with Gasteiger partial charge >= 0.3 is 6.18 Å². The summed E-state index contributed by atoms with van der Waals surface area (Å²) >= 11 is 0. The van der Waals surface area contributed by atoms with E-state index >= 15 is 0 Å². The van der Waals surface area contributed by atoms with Gasteiger partial charge in [0.1, 0.15) is 11.5 Å². The molecule has 148 valence electrons. The third kappa shape index (κ3) is 3.60. The van der Waals surface area contributed by atoms with Crippen molar-refractivity contribution in [3.63, 3.8) is 0 Å². The summed E-state index contributed by atoms with van der Waals surface area (Å²) in [5.41, 5.74) is -2.30. The number of carbonyl (C=O) groups is 1. The molecule has 0 unspecified atom stereocenters. The van der Waals surface area contributed by atoms with Crippen molar-refractivity contribution in [1.82, 2.24) is 5.01 Å². The maximum absolute atomic E-state index is 13.3. The van der Waals surface area contributed by atoms with Crippen LogP contribution in [0.1, 0.15) is 34.8 Å². The number of hydrogen-bond acceptors (Lipinski definition) is 4. The van der Waals surface area contributed by atoms with Crippen molar-refractivity contribution in [3.8, 4) is 5.75 Å². The maximum atomic E-state index is 13.3. The summed E-state index contributed by atoms with van der Waals surface area (Å²) in [6, 6.07) is 12.4. The third-order valence-corrected chi connectivity index (χ3v) is 4.65. The van der Waals surface area contributed by atoms with Gasteiger partial charge in [-0.3, -0.25) is 4.79 Å². The minimum atomic E-state index is -4.76. The molecule has 0 aromatic heterocycles. The molecule has 3 rings (SSSR count). The van der Waals surface area contributed by atoms with E-state index in [0.717, 1.165) is 12.0 Å². The second-order valence-corrected chi connectivity index (χ2v) is 6.44. The molecule has 0 spiro atoms. The average molecular weight is 392 g/mol. The van der Waals surface area contributed by atoms with Gasteiger partial charge in [-0.1, -0.05) is 37.3 Å². The fourth-order valence-electron chi connectivity index (χ4n) is 3.03. The minimum Gasteiger partial charge on any atom is -0.497 e. The van der Waals surface area contributed by atoms with E-state index in [1.165, 1.54) is 37.4 Å². The summed E-state index contributed by atoms with van der Waals surface area (Å²) in [6.07, 6.45) is -4.88. The molecule has 5 nitrogen and oxygen atoms in total. The van der Waals surface area contributed by atoms with Crippen LogP contribution in [0.5, 0.6) is 5.75 Å². The number of hydrogen-bond donors (Lipinski definition) is 1. The molecule has 2 aromatic rings. The first-order valence-corrected chi connectivity index (χ1v) is 8.64. The number of ether oxygens (including phenoxy) is 1. The van der Waals surface area contributed by atoms with Crippen LogP contribution < -0.4 is 4.74 Å². The molecule has 8 heteroatoms. The van der Waals surface area contributed by atoms with Crippen LogP contribution in [0.25, 0.3) is 0 Å². The summed E-state index contributed by atoms with van der Waals surface area (Å²) in [6.45, 7) is 1.93. The first-order chi connectivity index (χ1) is 13.2. The van der Waals surface area contributed by atoms with Crippen LogP contribution in [0.2, 0.25) is 0 Å². The zero-order valence-corrected chi connectivity index (χ0v) is 15.3. The second-order valence-electron chi connectivity index (χ2n) is 6.44. The van der Waals surface area contributed by atoms with Crippen molar-refractivity contribution in [2.75, 3.05) is 7.11 Å². The van der Waals surface area contributed by atoms with Gasteiger partial charge in [-0.2, -0.15) is 23.3 Å². The van der Waals surface area contributed by atoms with Crippen molar-refractivity contribution in [2.24, 2.45) is 5.10 Å². The molecule has 1 aliphatic rings. The number of aryl methyl sites for hydroxylation is 1. The summed E-state index contributed by atoms with van der Waals surface area (Å²) < 4.78 is 44.9. The number of amides is 1. The zero-order valence-electron chi connectivity index (χ0n) is 15.3. The fraction of sp³-hybridized carbons (Fsp3) is 0.300. The van der Waals surface area contributed by atoms with Crippen LogP contribution in [-0.2, 0) is 12.1 Å². The highest BCUT2D eigenvalue weighted by molar-refractivity contribution is 6.00. The fourth-order valence-corrected chi connectivity index (χ4v) is 3.03. The number of alkyl halides is 3. The molecule has 1 atom stereocenters. The zero-order chi connectivity index (χ0) is 20.5. The number of methoxy groups -OCH3 is 1. The topological polar surface area (TPSA) is 62.1 Å². The maximum Gasteiger partial charge on any atom is 0.431 e. The lowest BCUT2D eigenvalue weighted by atomic mass is 9.95. The molecule has 2 aromatic carbocycles. The van der Waals surface area contributed by atoms with E-state index in [0.29, 0.717) is 10.8 Å². The van der Waals surface area contributed by atoms with E-state index < -0.39 is 29.9 Å². The third-order valence-electron chi connectivity index (χ3n) is 4.65. The summed E-state index contributed by atoms with van der Waals surface area (Å²) in [5, 5.41) is 15.1. The SMILES string of the molecule is CCc1ccc([C@@]2(O)CC(C(F)(F)F)=NN2C(=O)c2cccc(OC)c2)cc1. The quantitative estimate of drug-likeness (QED) is 0.859. The molecule has 0 saturated carbocycles. The lowest BCUT2D eigenvalue weighted by molar-refractivity contribution is -0.0816. The number of aliphatic hydroxyl groups is 1. The Morgan fingerprint density at radius 1 is 1.25 bits per heavy atom. The van der Waals surface area contributed by atoms with Gasteiger partial charge in [0.05, 0.1) is 13.5 Å². The molecule has 1 amide bonds. The molecule has 0 bridgehead atoms. The number of benzene rings is 2. The van der Waals surface area contributed by atoms with Crippen molar-refractivity contribution in [3.05, 3.63) is 65.2 Å². The Balaban J connectivity index is 2.06. The second kappa shape index (κ2) is 7.27. The van der Waals surface area contributed by atoms with Crippen molar-refractivity contribution < 1.29 is 27.8 Å². The number of carbonyl (C=O) groups excluding carboxylic acids is 1. The van der Waals surface area contributed by atoms with Gasteiger partial charge < -0.3 is 9.84 Å². The van der Waals surface area contributed by atoms with Crippen molar-refractivity contribution in [2.45, 2.75) is 31.7 Å². The number of hydrazone groups is 1. The first-order valence-electron chi connectivity index (χ1n) is 8.64. The Morgan fingerprint density at radius 2 is 1.93 bits per heavy atom. The Hall–Kier alpha value is -2.87. The van der Waals surface area contributed by atoms with Gasteiger partial charge in [0.2, 0.25) is 0 Å². The van der Waals surface area contributed by atoms with Crippen molar-refractivity contribution >= 4 is 11.6 Å². The summed E-state index contributed by atoms with van der Waals surface area (Å²) in [4.78, 5) is 12.9. The Bertz CT molecular complexity index is 910. The van der Waals surface area contributed by atoms with Crippen LogP contribution in [0.4, 0.5) is 13.2 Å². The number of rotatable bonds is 4. The predicted molar refractivity (Wildman–Crippen MR) is 97.0 cm³/mol.